The van der Waals surface area contributed by atoms with Gasteiger partial charge in [-0.25, -0.2) is 0 Å². The number of tetrazole rings is 1. The topological polar surface area (TPSA) is 112 Å². The van der Waals surface area contributed by atoms with Crippen molar-refractivity contribution in [2.24, 2.45) is 5.92 Å². The van der Waals surface area contributed by atoms with E-state index >= 15 is 0 Å². The molecule has 1 heterocycles. The Hall–Kier alpha value is -3.55. The first-order valence-corrected chi connectivity index (χ1v) is 10.9. The van der Waals surface area contributed by atoms with E-state index in [0.717, 1.165) is 35.1 Å². The molecule has 0 spiro atoms. The van der Waals surface area contributed by atoms with Gasteiger partial charge in [0.15, 0.2) is 0 Å². The van der Waals surface area contributed by atoms with Crippen molar-refractivity contribution < 1.29 is 14.7 Å². The summed E-state index contributed by atoms with van der Waals surface area (Å²) in [4.78, 5) is 25.6. The number of H-pyrrole nitrogens is 1. The molecule has 3 rings (SSSR count). The minimum absolute atomic E-state index is 0.0450. The molecule has 1 amide bonds. The lowest BCUT2D eigenvalue weighted by Crippen LogP contribution is -2.34. The quantitative estimate of drug-likeness (QED) is 0.468. The number of hydrogen-bond acceptors (Lipinski definition) is 5. The Labute approximate surface area is 187 Å². The van der Waals surface area contributed by atoms with E-state index in [9.17, 15) is 9.59 Å². The lowest BCUT2D eigenvalue weighted by Gasteiger charge is -2.26. The molecule has 1 aromatic heterocycles. The van der Waals surface area contributed by atoms with Gasteiger partial charge in [-0.3, -0.25) is 9.59 Å². The molecule has 168 valence electrons. The molecular formula is C24H29N5O3. The van der Waals surface area contributed by atoms with Crippen LogP contribution in [0.15, 0.2) is 48.5 Å². The van der Waals surface area contributed by atoms with E-state index in [4.69, 9.17) is 5.11 Å². The van der Waals surface area contributed by atoms with E-state index < -0.39 is 5.97 Å². The van der Waals surface area contributed by atoms with Crippen LogP contribution in [0.2, 0.25) is 0 Å². The third-order valence-corrected chi connectivity index (χ3v) is 5.30. The molecule has 0 radical (unpaired) electrons. The van der Waals surface area contributed by atoms with Gasteiger partial charge in [-0.2, -0.15) is 5.21 Å². The number of carbonyl (C=O) groups is 2. The molecule has 0 aliphatic carbocycles. The lowest BCUT2D eigenvalue weighted by atomic mass is 9.98. The average Bonchev–Trinajstić information content (AvgIpc) is 3.32. The number of unbranched alkanes of at least 4 members (excludes halogenated alkanes) is 1. The number of aliphatic carboxylic acids is 1. The predicted molar refractivity (Wildman–Crippen MR) is 121 cm³/mol. The van der Waals surface area contributed by atoms with Crippen LogP contribution in [-0.2, 0) is 16.1 Å². The number of benzene rings is 2. The number of carboxylic acids is 1. The molecule has 0 aliphatic heterocycles. The standard InChI is InChI=1S/C24H29N5O3/c1-3-4-9-22(30)29(15-17(2)14-23(31)32)16-18-10-12-19(13-11-18)20-7-5-6-8-21(20)24-25-27-28-26-24/h5-8,10-13,17H,3-4,9,14-16H2,1-2H3,(H,31,32)(H,25,26,27,28). The fraction of sp³-hybridized carbons (Fsp3) is 0.375. The fourth-order valence-corrected chi connectivity index (χ4v) is 3.70. The molecule has 32 heavy (non-hydrogen) atoms. The number of carbonyl (C=O) groups excluding carboxylic acids is 1. The Kier molecular flexibility index (Phi) is 8.08. The summed E-state index contributed by atoms with van der Waals surface area (Å²) in [5.41, 5.74) is 3.88. The monoisotopic (exact) mass is 435 g/mol. The first kappa shape index (κ1) is 23.1. The van der Waals surface area contributed by atoms with Gasteiger partial charge in [0.2, 0.25) is 11.7 Å². The third-order valence-electron chi connectivity index (χ3n) is 5.30. The maximum Gasteiger partial charge on any atom is 0.303 e. The second kappa shape index (κ2) is 11.2. The Balaban J connectivity index is 1.77. The van der Waals surface area contributed by atoms with Gasteiger partial charge in [-0.1, -0.05) is 68.8 Å². The van der Waals surface area contributed by atoms with Gasteiger partial charge in [0.25, 0.3) is 0 Å². The van der Waals surface area contributed by atoms with E-state index in [-0.39, 0.29) is 18.2 Å². The second-order valence-electron chi connectivity index (χ2n) is 8.06. The Bertz CT molecular complexity index is 1020. The van der Waals surface area contributed by atoms with Crippen molar-refractivity contribution in [2.75, 3.05) is 6.54 Å². The van der Waals surface area contributed by atoms with Crippen LogP contribution in [0.5, 0.6) is 0 Å². The van der Waals surface area contributed by atoms with Gasteiger partial charge in [0.05, 0.1) is 0 Å². The molecule has 2 aromatic carbocycles. The zero-order valence-electron chi connectivity index (χ0n) is 18.5. The van der Waals surface area contributed by atoms with Crippen molar-refractivity contribution in [3.05, 3.63) is 54.1 Å². The molecule has 0 aliphatic rings. The Morgan fingerprint density at radius 1 is 1.09 bits per heavy atom. The highest BCUT2D eigenvalue weighted by molar-refractivity contribution is 5.80. The summed E-state index contributed by atoms with van der Waals surface area (Å²) >= 11 is 0. The van der Waals surface area contributed by atoms with E-state index in [0.29, 0.717) is 25.3 Å². The largest absolute Gasteiger partial charge is 0.481 e. The molecule has 1 atom stereocenters. The molecule has 2 N–H and O–H groups in total. The van der Waals surface area contributed by atoms with Crippen LogP contribution in [-0.4, -0.2) is 49.1 Å². The highest BCUT2D eigenvalue weighted by Crippen LogP contribution is 2.30. The van der Waals surface area contributed by atoms with Crippen molar-refractivity contribution in [2.45, 2.75) is 46.1 Å². The molecule has 0 saturated carbocycles. The number of rotatable bonds is 11. The summed E-state index contributed by atoms with van der Waals surface area (Å²) in [6.45, 7) is 4.80. The maximum atomic E-state index is 12.7. The summed E-state index contributed by atoms with van der Waals surface area (Å²) in [6, 6.07) is 15.9. The van der Waals surface area contributed by atoms with Crippen LogP contribution in [0.1, 0.15) is 45.1 Å². The molecule has 0 fully saturated rings. The predicted octanol–water partition coefficient (Wildman–Crippen LogP) is 4.16. The van der Waals surface area contributed by atoms with Crippen LogP contribution in [0.3, 0.4) is 0 Å². The third kappa shape index (κ3) is 6.23. The fourth-order valence-electron chi connectivity index (χ4n) is 3.70. The Morgan fingerprint density at radius 3 is 2.44 bits per heavy atom. The van der Waals surface area contributed by atoms with Crippen LogP contribution in [0.4, 0.5) is 0 Å². The minimum Gasteiger partial charge on any atom is -0.481 e. The zero-order valence-corrected chi connectivity index (χ0v) is 18.5. The van der Waals surface area contributed by atoms with E-state index in [1.54, 1.807) is 4.90 Å². The average molecular weight is 436 g/mol. The SMILES string of the molecule is CCCCC(=O)N(Cc1ccc(-c2ccccc2-c2nn[nH]n2)cc1)CC(C)CC(=O)O. The molecule has 0 bridgehead atoms. The normalized spacial score (nSPS) is 11.8. The zero-order chi connectivity index (χ0) is 22.9. The van der Waals surface area contributed by atoms with Crippen LogP contribution in [0, 0.1) is 5.92 Å². The number of nitrogens with one attached hydrogen (secondary N) is 1. The summed E-state index contributed by atoms with van der Waals surface area (Å²) in [6.07, 6.45) is 2.29. The molecular weight excluding hydrogens is 406 g/mol. The van der Waals surface area contributed by atoms with Gasteiger partial charge in [-0.15, -0.1) is 10.2 Å². The highest BCUT2D eigenvalue weighted by atomic mass is 16.4. The van der Waals surface area contributed by atoms with Crippen LogP contribution < -0.4 is 0 Å². The van der Waals surface area contributed by atoms with E-state index in [1.807, 2.05) is 55.5 Å². The van der Waals surface area contributed by atoms with Crippen molar-refractivity contribution >= 4 is 11.9 Å². The Morgan fingerprint density at radius 2 is 1.81 bits per heavy atom. The van der Waals surface area contributed by atoms with Gasteiger partial charge in [-0.05, 0) is 34.2 Å². The number of aromatic amines is 1. The molecule has 3 aromatic rings. The van der Waals surface area contributed by atoms with E-state index in [1.165, 1.54) is 0 Å². The van der Waals surface area contributed by atoms with Crippen molar-refractivity contribution in [1.29, 1.82) is 0 Å². The minimum atomic E-state index is -0.844. The molecule has 1 unspecified atom stereocenters. The molecule has 8 heteroatoms. The van der Waals surface area contributed by atoms with Gasteiger partial charge >= 0.3 is 5.97 Å². The summed E-state index contributed by atoms with van der Waals surface area (Å²) in [5, 5.41) is 23.4. The summed E-state index contributed by atoms with van der Waals surface area (Å²) in [5.74, 6) is -0.359. The number of nitrogens with zero attached hydrogens (tertiary/aromatic N) is 4. The van der Waals surface area contributed by atoms with Crippen LogP contribution >= 0.6 is 0 Å². The maximum absolute atomic E-state index is 12.7. The van der Waals surface area contributed by atoms with Gasteiger partial charge in [0.1, 0.15) is 0 Å². The second-order valence-corrected chi connectivity index (χ2v) is 8.06. The van der Waals surface area contributed by atoms with Crippen molar-refractivity contribution in [1.82, 2.24) is 25.5 Å². The lowest BCUT2D eigenvalue weighted by molar-refractivity contribution is -0.139. The first-order chi connectivity index (χ1) is 15.5. The molecule has 8 nitrogen and oxygen atoms in total. The highest BCUT2D eigenvalue weighted by Gasteiger charge is 2.19. The number of hydrogen-bond donors (Lipinski definition) is 2. The number of amides is 1. The summed E-state index contributed by atoms with van der Waals surface area (Å²) < 4.78 is 0. The van der Waals surface area contributed by atoms with Crippen LogP contribution in [0.25, 0.3) is 22.5 Å². The molecule has 0 saturated heterocycles. The first-order valence-electron chi connectivity index (χ1n) is 10.9. The number of carboxylic acid groups (broad SMARTS) is 1. The van der Waals surface area contributed by atoms with Crippen molar-refractivity contribution in [3.8, 4) is 22.5 Å². The van der Waals surface area contributed by atoms with Crippen molar-refractivity contribution in [3.63, 3.8) is 0 Å². The van der Waals surface area contributed by atoms with E-state index in [2.05, 4.69) is 27.5 Å². The summed E-state index contributed by atoms with van der Waals surface area (Å²) in [7, 11) is 0. The number of aromatic nitrogens is 4. The smallest absolute Gasteiger partial charge is 0.303 e. The van der Waals surface area contributed by atoms with Gasteiger partial charge in [0, 0.05) is 31.5 Å². The van der Waals surface area contributed by atoms with Gasteiger partial charge < -0.3 is 10.0 Å².